The average molecular weight is 240 g/mol. The fourth-order valence-corrected chi connectivity index (χ4v) is 1.76. The summed E-state index contributed by atoms with van der Waals surface area (Å²) in [6.07, 6.45) is 14.1. The van der Waals surface area contributed by atoms with Crippen molar-refractivity contribution in [2.45, 2.75) is 71.6 Å². The average Bonchev–Trinajstić information content (AvgIpc) is 2.30. The highest BCUT2D eigenvalue weighted by Crippen LogP contribution is 2.13. The Labute approximate surface area is 106 Å². The molecule has 17 heavy (non-hydrogen) atoms. The van der Waals surface area contributed by atoms with Gasteiger partial charge in [-0.1, -0.05) is 58.1 Å². The molecule has 0 aliphatic rings. The maximum absolute atomic E-state index is 10.3. The van der Waals surface area contributed by atoms with Gasteiger partial charge in [0.15, 0.2) is 0 Å². The Morgan fingerprint density at radius 3 is 2.41 bits per heavy atom. The van der Waals surface area contributed by atoms with Crippen LogP contribution in [0.15, 0.2) is 12.2 Å². The highest BCUT2D eigenvalue weighted by molar-refractivity contribution is 5.66. The molecule has 0 amide bonds. The normalized spacial score (nSPS) is 13.1. The van der Waals surface area contributed by atoms with E-state index in [1.54, 1.807) is 0 Å². The van der Waals surface area contributed by atoms with Gasteiger partial charge in [0.2, 0.25) is 0 Å². The van der Waals surface area contributed by atoms with Gasteiger partial charge in [-0.2, -0.15) is 0 Å². The number of carboxylic acid groups (broad SMARTS) is 1. The molecular weight excluding hydrogens is 212 g/mol. The first-order valence-electron chi connectivity index (χ1n) is 7.03. The summed E-state index contributed by atoms with van der Waals surface area (Å²) >= 11 is 0. The lowest BCUT2D eigenvalue weighted by Crippen LogP contribution is -1.91. The Hall–Kier alpha value is -0.790. The smallest absolute Gasteiger partial charge is 0.303 e. The van der Waals surface area contributed by atoms with Crippen molar-refractivity contribution in [1.29, 1.82) is 0 Å². The summed E-state index contributed by atoms with van der Waals surface area (Å²) in [7, 11) is 0. The number of allylic oxidation sites excluding steroid dienone is 2. The Morgan fingerprint density at radius 2 is 1.76 bits per heavy atom. The van der Waals surface area contributed by atoms with E-state index in [-0.39, 0.29) is 6.42 Å². The number of carbonyl (C=O) groups is 1. The molecule has 0 fully saturated rings. The Bertz CT molecular complexity index is 209. The summed E-state index contributed by atoms with van der Waals surface area (Å²) in [5.74, 6) is 0.172. The Kier molecular flexibility index (Phi) is 11.1. The minimum atomic E-state index is -0.709. The van der Waals surface area contributed by atoms with Crippen molar-refractivity contribution in [3.63, 3.8) is 0 Å². The van der Waals surface area contributed by atoms with E-state index in [1.807, 2.05) is 6.08 Å². The zero-order chi connectivity index (χ0) is 12.9. The molecule has 0 aromatic heterocycles. The third kappa shape index (κ3) is 13.1. The number of aliphatic carboxylic acids is 1. The molecule has 0 aliphatic carbocycles. The lowest BCUT2D eigenvalue weighted by Gasteiger charge is -2.06. The van der Waals surface area contributed by atoms with Crippen molar-refractivity contribution < 1.29 is 9.90 Å². The van der Waals surface area contributed by atoms with Gasteiger partial charge in [-0.3, -0.25) is 4.79 Å². The summed E-state index contributed by atoms with van der Waals surface area (Å²) in [6, 6.07) is 0. The van der Waals surface area contributed by atoms with Crippen LogP contribution in [0.3, 0.4) is 0 Å². The van der Waals surface area contributed by atoms with E-state index in [4.69, 9.17) is 5.11 Å². The topological polar surface area (TPSA) is 37.3 Å². The molecule has 0 spiro atoms. The maximum atomic E-state index is 10.3. The first-order chi connectivity index (χ1) is 8.16. The van der Waals surface area contributed by atoms with Gasteiger partial charge >= 0.3 is 5.97 Å². The van der Waals surface area contributed by atoms with Crippen molar-refractivity contribution >= 4 is 5.97 Å². The predicted octanol–water partition coefficient (Wildman–Crippen LogP) is 4.79. The van der Waals surface area contributed by atoms with Crippen LogP contribution in [0, 0.1) is 5.92 Å². The number of hydrogen-bond donors (Lipinski definition) is 1. The second-order valence-electron chi connectivity index (χ2n) is 4.91. The van der Waals surface area contributed by atoms with E-state index < -0.39 is 5.97 Å². The van der Waals surface area contributed by atoms with Crippen LogP contribution >= 0.6 is 0 Å². The lowest BCUT2D eigenvalue weighted by molar-refractivity contribution is -0.136. The number of hydrogen-bond acceptors (Lipinski definition) is 1. The van der Waals surface area contributed by atoms with E-state index in [9.17, 15) is 4.79 Å². The highest BCUT2D eigenvalue weighted by Gasteiger charge is 1.97. The molecule has 0 aliphatic heterocycles. The molecule has 0 aromatic rings. The number of unbranched alkanes of at least 4 members (excludes halogenated alkanes) is 4. The molecule has 0 saturated heterocycles. The van der Waals surface area contributed by atoms with Crippen LogP contribution in [-0.4, -0.2) is 11.1 Å². The van der Waals surface area contributed by atoms with Crippen LogP contribution < -0.4 is 0 Å². The third-order valence-electron chi connectivity index (χ3n) is 3.21. The first-order valence-corrected chi connectivity index (χ1v) is 7.03. The van der Waals surface area contributed by atoms with Crippen LogP contribution in [0.4, 0.5) is 0 Å². The minimum Gasteiger partial charge on any atom is -0.481 e. The monoisotopic (exact) mass is 240 g/mol. The van der Waals surface area contributed by atoms with E-state index >= 15 is 0 Å². The summed E-state index contributed by atoms with van der Waals surface area (Å²) < 4.78 is 0. The molecule has 0 saturated carbocycles. The zero-order valence-electron chi connectivity index (χ0n) is 11.5. The van der Waals surface area contributed by atoms with Crippen LogP contribution in [0.2, 0.25) is 0 Å². The molecular formula is C15H28O2. The molecule has 0 radical (unpaired) electrons. The number of carboxylic acids is 1. The standard InChI is InChI=1S/C15H28O2/c1-3-14(2)12-10-8-6-4-5-7-9-11-13-15(16)17/h7,9,14H,3-6,8,10-13H2,1-2H3,(H,16,17)/b9-7+. The summed E-state index contributed by atoms with van der Waals surface area (Å²) in [5.41, 5.74) is 0. The molecule has 100 valence electrons. The summed E-state index contributed by atoms with van der Waals surface area (Å²) in [6.45, 7) is 4.58. The summed E-state index contributed by atoms with van der Waals surface area (Å²) in [4.78, 5) is 10.3. The van der Waals surface area contributed by atoms with Crippen molar-refractivity contribution in [2.24, 2.45) is 5.92 Å². The molecule has 2 heteroatoms. The largest absolute Gasteiger partial charge is 0.481 e. The van der Waals surface area contributed by atoms with Gasteiger partial charge in [-0.05, 0) is 25.2 Å². The molecule has 2 nitrogen and oxygen atoms in total. The molecule has 0 bridgehead atoms. The SMILES string of the molecule is CCC(C)CCCCCC/C=C/CCC(=O)O. The van der Waals surface area contributed by atoms with Crippen molar-refractivity contribution in [3.8, 4) is 0 Å². The minimum absolute atomic E-state index is 0.255. The van der Waals surface area contributed by atoms with Gasteiger partial charge in [0.1, 0.15) is 0 Å². The van der Waals surface area contributed by atoms with E-state index in [1.165, 1.54) is 38.5 Å². The van der Waals surface area contributed by atoms with Crippen molar-refractivity contribution in [1.82, 2.24) is 0 Å². The zero-order valence-corrected chi connectivity index (χ0v) is 11.5. The second-order valence-corrected chi connectivity index (χ2v) is 4.91. The lowest BCUT2D eigenvalue weighted by atomic mass is 10.00. The van der Waals surface area contributed by atoms with Crippen LogP contribution in [0.1, 0.15) is 71.6 Å². The maximum Gasteiger partial charge on any atom is 0.303 e. The van der Waals surface area contributed by atoms with Gasteiger partial charge in [0.25, 0.3) is 0 Å². The first kappa shape index (κ1) is 16.2. The van der Waals surface area contributed by atoms with E-state index in [0.717, 1.165) is 12.3 Å². The van der Waals surface area contributed by atoms with Gasteiger partial charge in [0, 0.05) is 6.42 Å². The predicted molar refractivity (Wildman–Crippen MR) is 73.2 cm³/mol. The molecule has 0 aromatic carbocycles. The van der Waals surface area contributed by atoms with Gasteiger partial charge < -0.3 is 5.11 Å². The fourth-order valence-electron chi connectivity index (χ4n) is 1.76. The van der Waals surface area contributed by atoms with E-state index in [2.05, 4.69) is 19.9 Å². The Balaban J connectivity index is 3.15. The second kappa shape index (κ2) is 11.7. The van der Waals surface area contributed by atoms with Gasteiger partial charge in [-0.15, -0.1) is 0 Å². The van der Waals surface area contributed by atoms with Crippen LogP contribution in [0.25, 0.3) is 0 Å². The third-order valence-corrected chi connectivity index (χ3v) is 3.21. The molecule has 1 N–H and O–H groups in total. The van der Waals surface area contributed by atoms with Gasteiger partial charge in [0.05, 0.1) is 0 Å². The van der Waals surface area contributed by atoms with Crippen LogP contribution in [-0.2, 0) is 4.79 Å². The van der Waals surface area contributed by atoms with Crippen molar-refractivity contribution in [3.05, 3.63) is 12.2 Å². The molecule has 0 heterocycles. The Morgan fingerprint density at radius 1 is 1.12 bits per heavy atom. The highest BCUT2D eigenvalue weighted by atomic mass is 16.4. The summed E-state index contributed by atoms with van der Waals surface area (Å²) in [5, 5.41) is 8.44. The van der Waals surface area contributed by atoms with Gasteiger partial charge in [-0.25, -0.2) is 0 Å². The van der Waals surface area contributed by atoms with E-state index in [0.29, 0.717) is 6.42 Å². The van der Waals surface area contributed by atoms with Crippen LogP contribution in [0.5, 0.6) is 0 Å². The fraction of sp³-hybridized carbons (Fsp3) is 0.800. The quantitative estimate of drug-likeness (QED) is 0.416. The van der Waals surface area contributed by atoms with Crippen molar-refractivity contribution in [2.75, 3.05) is 0 Å². The molecule has 1 unspecified atom stereocenters. The molecule has 0 rings (SSSR count). The molecule has 1 atom stereocenters. The number of rotatable bonds is 11.